The summed E-state index contributed by atoms with van der Waals surface area (Å²) in [5.41, 5.74) is 4.09. The van der Waals surface area contributed by atoms with Crippen LogP contribution in [0.15, 0.2) is 22.7 Å². The van der Waals surface area contributed by atoms with E-state index in [2.05, 4.69) is 41.3 Å². The topological polar surface area (TPSA) is 38.0 Å². The molecular formula is C15H24BrClN2. The summed E-state index contributed by atoms with van der Waals surface area (Å²) in [5.74, 6) is 6.43. The standard InChI is InChI=1S/C15H24BrClN2/c1-3-5-6-11(4-2)9-15(19-18)12-7-8-13(16)14(17)10-12/h7-8,10-11,15,19H,3-6,9,18H2,1-2H3. The summed E-state index contributed by atoms with van der Waals surface area (Å²) in [6, 6.07) is 6.22. The van der Waals surface area contributed by atoms with Crippen molar-refractivity contribution in [3.05, 3.63) is 33.3 Å². The quantitative estimate of drug-likeness (QED) is 0.500. The molecule has 108 valence electrons. The van der Waals surface area contributed by atoms with E-state index in [1.54, 1.807) is 0 Å². The van der Waals surface area contributed by atoms with Crippen LogP contribution >= 0.6 is 27.5 Å². The third-order valence-electron chi connectivity index (χ3n) is 3.66. The predicted octanol–water partition coefficient (Wildman–Crippen LogP) is 5.21. The Bertz CT molecular complexity index is 384. The van der Waals surface area contributed by atoms with E-state index >= 15 is 0 Å². The Labute approximate surface area is 130 Å². The molecule has 0 bridgehead atoms. The first-order valence-electron chi connectivity index (χ1n) is 7.03. The van der Waals surface area contributed by atoms with Crippen molar-refractivity contribution < 1.29 is 0 Å². The van der Waals surface area contributed by atoms with Crippen molar-refractivity contribution >= 4 is 27.5 Å². The molecule has 0 fully saturated rings. The van der Waals surface area contributed by atoms with E-state index in [1.807, 2.05) is 12.1 Å². The molecule has 0 saturated carbocycles. The van der Waals surface area contributed by atoms with Crippen LogP contribution in [-0.4, -0.2) is 0 Å². The fourth-order valence-electron chi connectivity index (χ4n) is 2.34. The minimum atomic E-state index is 0.174. The Balaban J connectivity index is 2.72. The van der Waals surface area contributed by atoms with Crippen molar-refractivity contribution in [1.82, 2.24) is 5.43 Å². The molecule has 0 aliphatic carbocycles. The van der Waals surface area contributed by atoms with Gasteiger partial charge in [-0.2, -0.15) is 0 Å². The maximum Gasteiger partial charge on any atom is 0.0551 e. The van der Waals surface area contributed by atoms with Gasteiger partial charge in [-0.05, 0) is 46.0 Å². The van der Waals surface area contributed by atoms with Gasteiger partial charge in [0.2, 0.25) is 0 Å². The molecule has 0 saturated heterocycles. The number of hydrazine groups is 1. The van der Waals surface area contributed by atoms with E-state index in [4.69, 9.17) is 17.4 Å². The number of unbranched alkanes of at least 4 members (excludes halogenated alkanes) is 1. The molecule has 0 aromatic heterocycles. The van der Waals surface area contributed by atoms with E-state index in [9.17, 15) is 0 Å². The fourth-order valence-corrected chi connectivity index (χ4v) is 2.78. The molecule has 0 heterocycles. The van der Waals surface area contributed by atoms with Gasteiger partial charge in [0.1, 0.15) is 0 Å². The minimum Gasteiger partial charge on any atom is -0.271 e. The van der Waals surface area contributed by atoms with Crippen molar-refractivity contribution in [2.45, 2.75) is 52.0 Å². The van der Waals surface area contributed by atoms with Crippen LogP contribution in [0.3, 0.4) is 0 Å². The van der Waals surface area contributed by atoms with Crippen LogP contribution in [-0.2, 0) is 0 Å². The molecule has 2 atom stereocenters. The third kappa shape index (κ3) is 5.42. The highest BCUT2D eigenvalue weighted by atomic mass is 79.9. The summed E-state index contributed by atoms with van der Waals surface area (Å²) in [6.07, 6.45) is 6.07. The van der Waals surface area contributed by atoms with Crippen LogP contribution in [0.4, 0.5) is 0 Å². The summed E-state index contributed by atoms with van der Waals surface area (Å²) < 4.78 is 0.923. The average molecular weight is 348 g/mol. The second-order valence-electron chi connectivity index (χ2n) is 5.05. The molecule has 1 aromatic rings. The van der Waals surface area contributed by atoms with Crippen LogP contribution in [0.25, 0.3) is 0 Å². The zero-order valence-corrected chi connectivity index (χ0v) is 14.1. The zero-order valence-electron chi connectivity index (χ0n) is 11.8. The first kappa shape index (κ1) is 17.0. The number of nitrogens with two attached hydrogens (primary N) is 1. The van der Waals surface area contributed by atoms with Crippen molar-refractivity contribution in [1.29, 1.82) is 0 Å². The molecule has 0 amide bonds. The second-order valence-corrected chi connectivity index (χ2v) is 6.31. The Morgan fingerprint density at radius 2 is 2.11 bits per heavy atom. The molecule has 1 rings (SSSR count). The van der Waals surface area contributed by atoms with Gasteiger partial charge in [-0.1, -0.05) is 57.2 Å². The van der Waals surface area contributed by atoms with E-state index in [0.717, 1.165) is 21.5 Å². The Kier molecular flexibility index (Phi) is 8.00. The van der Waals surface area contributed by atoms with Crippen molar-refractivity contribution in [3.63, 3.8) is 0 Å². The molecule has 1 aromatic carbocycles. The van der Waals surface area contributed by atoms with Crippen molar-refractivity contribution in [2.24, 2.45) is 11.8 Å². The lowest BCUT2D eigenvalue weighted by atomic mass is 9.89. The number of hydrogen-bond donors (Lipinski definition) is 2. The van der Waals surface area contributed by atoms with Crippen molar-refractivity contribution in [2.75, 3.05) is 0 Å². The van der Waals surface area contributed by atoms with Gasteiger partial charge in [-0.15, -0.1) is 0 Å². The fraction of sp³-hybridized carbons (Fsp3) is 0.600. The predicted molar refractivity (Wildman–Crippen MR) is 87.1 cm³/mol. The van der Waals surface area contributed by atoms with Gasteiger partial charge in [-0.25, -0.2) is 0 Å². The van der Waals surface area contributed by atoms with Crippen LogP contribution in [0.5, 0.6) is 0 Å². The molecule has 0 radical (unpaired) electrons. The van der Waals surface area contributed by atoms with Gasteiger partial charge in [0, 0.05) is 10.5 Å². The van der Waals surface area contributed by atoms with E-state index < -0.39 is 0 Å². The summed E-state index contributed by atoms with van der Waals surface area (Å²) in [4.78, 5) is 0. The van der Waals surface area contributed by atoms with E-state index in [0.29, 0.717) is 5.92 Å². The SMILES string of the molecule is CCCCC(CC)CC(NN)c1ccc(Br)c(Cl)c1. The normalized spacial score (nSPS) is 14.4. The van der Waals surface area contributed by atoms with Gasteiger partial charge in [-0.3, -0.25) is 11.3 Å². The molecule has 2 unspecified atom stereocenters. The summed E-state index contributed by atoms with van der Waals surface area (Å²) in [5, 5.41) is 0.736. The minimum absolute atomic E-state index is 0.174. The Morgan fingerprint density at radius 1 is 1.37 bits per heavy atom. The summed E-state index contributed by atoms with van der Waals surface area (Å²) in [6.45, 7) is 4.49. The van der Waals surface area contributed by atoms with Gasteiger partial charge >= 0.3 is 0 Å². The van der Waals surface area contributed by atoms with Crippen LogP contribution < -0.4 is 11.3 Å². The number of benzene rings is 1. The highest BCUT2D eigenvalue weighted by Gasteiger charge is 2.16. The third-order valence-corrected chi connectivity index (χ3v) is 4.89. The van der Waals surface area contributed by atoms with Crippen LogP contribution in [0.1, 0.15) is 57.6 Å². The zero-order chi connectivity index (χ0) is 14.3. The Morgan fingerprint density at radius 3 is 2.63 bits per heavy atom. The average Bonchev–Trinajstić information content (AvgIpc) is 2.42. The number of rotatable bonds is 8. The van der Waals surface area contributed by atoms with Crippen LogP contribution in [0, 0.1) is 5.92 Å². The Hall–Kier alpha value is -0.0900. The van der Waals surface area contributed by atoms with E-state index in [-0.39, 0.29) is 6.04 Å². The van der Waals surface area contributed by atoms with Gasteiger partial charge in [0.15, 0.2) is 0 Å². The molecule has 2 nitrogen and oxygen atoms in total. The van der Waals surface area contributed by atoms with Crippen molar-refractivity contribution in [3.8, 4) is 0 Å². The maximum absolute atomic E-state index is 6.15. The smallest absolute Gasteiger partial charge is 0.0551 e. The molecule has 4 heteroatoms. The lowest BCUT2D eigenvalue weighted by Gasteiger charge is -2.23. The summed E-state index contributed by atoms with van der Waals surface area (Å²) >= 11 is 9.57. The van der Waals surface area contributed by atoms with Gasteiger partial charge < -0.3 is 0 Å². The van der Waals surface area contributed by atoms with Gasteiger partial charge in [0.25, 0.3) is 0 Å². The monoisotopic (exact) mass is 346 g/mol. The lowest BCUT2D eigenvalue weighted by molar-refractivity contribution is 0.356. The molecular weight excluding hydrogens is 324 g/mol. The highest BCUT2D eigenvalue weighted by Crippen LogP contribution is 2.30. The van der Waals surface area contributed by atoms with Gasteiger partial charge in [0.05, 0.1) is 5.02 Å². The summed E-state index contributed by atoms with van der Waals surface area (Å²) in [7, 11) is 0. The second kappa shape index (κ2) is 8.96. The van der Waals surface area contributed by atoms with E-state index in [1.165, 1.54) is 25.7 Å². The molecule has 0 aliphatic rings. The lowest BCUT2D eigenvalue weighted by Crippen LogP contribution is -2.29. The molecule has 19 heavy (non-hydrogen) atoms. The number of nitrogens with one attached hydrogen (secondary N) is 1. The molecule has 0 aliphatic heterocycles. The first-order valence-corrected chi connectivity index (χ1v) is 8.20. The number of hydrogen-bond acceptors (Lipinski definition) is 2. The largest absolute Gasteiger partial charge is 0.271 e. The molecule has 0 spiro atoms. The highest BCUT2D eigenvalue weighted by molar-refractivity contribution is 9.10. The van der Waals surface area contributed by atoms with Crippen LogP contribution in [0.2, 0.25) is 5.02 Å². The maximum atomic E-state index is 6.15. The molecule has 3 N–H and O–H groups in total. The first-order chi connectivity index (χ1) is 9.12. The number of halogens is 2.